The minimum Gasteiger partial charge on any atom is -0.323 e. The Bertz CT molecular complexity index is 507. The van der Waals surface area contributed by atoms with Gasteiger partial charge in [-0.3, -0.25) is 9.89 Å². The van der Waals surface area contributed by atoms with Crippen molar-refractivity contribution in [2.45, 2.75) is 26.2 Å². The number of hydrogen-bond donors (Lipinski definition) is 2. The summed E-state index contributed by atoms with van der Waals surface area (Å²) in [5.41, 5.74) is 1.76. The average Bonchev–Trinajstić information content (AvgIpc) is 2.93. The van der Waals surface area contributed by atoms with E-state index in [-0.39, 0.29) is 17.7 Å². The highest BCUT2D eigenvalue weighted by atomic mass is 16.1. The van der Waals surface area contributed by atoms with Gasteiger partial charge in [0, 0.05) is 6.20 Å². The summed E-state index contributed by atoms with van der Waals surface area (Å²) in [6.45, 7) is 4.21. The van der Waals surface area contributed by atoms with Crippen molar-refractivity contribution in [3.05, 3.63) is 48.3 Å². The number of hydrogen-bond acceptors (Lipinski definition) is 2. The Balaban J connectivity index is 2.20. The van der Waals surface area contributed by atoms with Crippen LogP contribution in [0.2, 0.25) is 0 Å². The van der Waals surface area contributed by atoms with Crippen molar-refractivity contribution in [1.29, 1.82) is 0 Å². The zero-order valence-electron chi connectivity index (χ0n) is 11.3. The molecule has 4 heteroatoms. The van der Waals surface area contributed by atoms with E-state index in [1.54, 1.807) is 12.4 Å². The Morgan fingerprint density at radius 3 is 2.68 bits per heavy atom. The minimum absolute atomic E-state index is 0.0157. The molecule has 4 nitrogen and oxygen atoms in total. The molecule has 1 amide bonds. The monoisotopic (exact) mass is 257 g/mol. The van der Waals surface area contributed by atoms with E-state index >= 15 is 0 Å². The number of aromatic nitrogens is 2. The van der Waals surface area contributed by atoms with Crippen LogP contribution in [0.3, 0.4) is 0 Å². The number of amides is 1. The van der Waals surface area contributed by atoms with Crippen molar-refractivity contribution < 1.29 is 4.79 Å². The molecule has 19 heavy (non-hydrogen) atoms. The van der Waals surface area contributed by atoms with Gasteiger partial charge in [0.1, 0.15) is 0 Å². The van der Waals surface area contributed by atoms with E-state index in [1.165, 1.54) is 0 Å². The highest BCUT2D eigenvalue weighted by Gasteiger charge is 2.25. The van der Waals surface area contributed by atoms with Gasteiger partial charge in [-0.2, -0.15) is 5.10 Å². The number of nitrogens with zero attached hydrogens (tertiary/aromatic N) is 1. The molecule has 2 N–H and O–H groups in total. The number of aromatic amines is 1. The molecule has 0 saturated heterocycles. The summed E-state index contributed by atoms with van der Waals surface area (Å²) in [7, 11) is 0. The van der Waals surface area contributed by atoms with Crippen LogP contribution in [0.5, 0.6) is 0 Å². The standard InChI is InChI=1S/C15H19N3O/c1-3-11(2)14(12-7-5-4-6-8-12)15(19)18-13-9-16-17-10-13/h4-11,14H,3H2,1-2H3,(H,16,17)(H,18,19). The Morgan fingerprint density at radius 1 is 1.37 bits per heavy atom. The van der Waals surface area contributed by atoms with Gasteiger partial charge in [-0.25, -0.2) is 0 Å². The van der Waals surface area contributed by atoms with Gasteiger partial charge in [0.2, 0.25) is 5.91 Å². The molecule has 0 saturated carbocycles. The Hall–Kier alpha value is -2.10. The molecular formula is C15H19N3O. The molecule has 0 aliphatic heterocycles. The van der Waals surface area contributed by atoms with Crippen LogP contribution in [0, 0.1) is 5.92 Å². The van der Waals surface area contributed by atoms with Crippen LogP contribution in [-0.2, 0) is 4.79 Å². The number of anilines is 1. The fraction of sp³-hybridized carbons (Fsp3) is 0.333. The second kappa shape index (κ2) is 6.18. The molecule has 1 aromatic carbocycles. The highest BCUT2D eigenvalue weighted by molar-refractivity contribution is 5.95. The first-order chi connectivity index (χ1) is 9.22. The Labute approximate surface area is 113 Å². The van der Waals surface area contributed by atoms with Crippen LogP contribution < -0.4 is 5.32 Å². The third kappa shape index (κ3) is 3.22. The lowest BCUT2D eigenvalue weighted by Gasteiger charge is -2.22. The third-order valence-electron chi connectivity index (χ3n) is 3.42. The van der Waals surface area contributed by atoms with Gasteiger partial charge >= 0.3 is 0 Å². The minimum atomic E-state index is -0.138. The average molecular weight is 257 g/mol. The summed E-state index contributed by atoms with van der Waals surface area (Å²) in [6.07, 6.45) is 4.24. The number of rotatable bonds is 5. The van der Waals surface area contributed by atoms with Gasteiger partial charge in [-0.1, -0.05) is 50.6 Å². The van der Waals surface area contributed by atoms with Crippen molar-refractivity contribution in [2.24, 2.45) is 5.92 Å². The lowest BCUT2D eigenvalue weighted by molar-refractivity contribution is -0.118. The van der Waals surface area contributed by atoms with Gasteiger partial charge in [0.15, 0.2) is 0 Å². The zero-order valence-corrected chi connectivity index (χ0v) is 11.3. The maximum Gasteiger partial charge on any atom is 0.232 e. The number of H-pyrrole nitrogens is 1. The maximum atomic E-state index is 12.5. The smallest absolute Gasteiger partial charge is 0.232 e. The topological polar surface area (TPSA) is 57.8 Å². The maximum absolute atomic E-state index is 12.5. The number of carbonyl (C=O) groups is 1. The first kappa shape index (κ1) is 13.3. The molecule has 2 unspecified atom stereocenters. The Morgan fingerprint density at radius 2 is 2.11 bits per heavy atom. The van der Waals surface area contributed by atoms with Crippen LogP contribution in [0.15, 0.2) is 42.7 Å². The van der Waals surface area contributed by atoms with Crippen molar-refractivity contribution in [2.75, 3.05) is 5.32 Å². The van der Waals surface area contributed by atoms with Gasteiger partial charge < -0.3 is 5.32 Å². The molecule has 0 radical (unpaired) electrons. The summed E-state index contributed by atoms with van der Waals surface area (Å²) in [5, 5.41) is 9.43. The molecular weight excluding hydrogens is 238 g/mol. The number of benzene rings is 1. The summed E-state index contributed by atoms with van der Waals surface area (Å²) >= 11 is 0. The van der Waals surface area contributed by atoms with Crippen molar-refractivity contribution in [3.8, 4) is 0 Å². The summed E-state index contributed by atoms with van der Waals surface area (Å²) in [5.74, 6) is 0.164. The SMILES string of the molecule is CCC(C)C(C(=O)Nc1cn[nH]c1)c1ccccc1. The van der Waals surface area contributed by atoms with Gasteiger partial charge in [0.05, 0.1) is 17.8 Å². The van der Waals surface area contributed by atoms with Crippen LogP contribution in [0.1, 0.15) is 31.7 Å². The molecule has 2 atom stereocenters. The van der Waals surface area contributed by atoms with Crippen molar-refractivity contribution in [1.82, 2.24) is 10.2 Å². The van der Waals surface area contributed by atoms with E-state index in [1.807, 2.05) is 30.3 Å². The van der Waals surface area contributed by atoms with Crippen LogP contribution in [0.25, 0.3) is 0 Å². The quantitative estimate of drug-likeness (QED) is 0.864. The normalized spacial score (nSPS) is 13.8. The third-order valence-corrected chi connectivity index (χ3v) is 3.42. The van der Waals surface area contributed by atoms with E-state index in [0.29, 0.717) is 5.69 Å². The van der Waals surface area contributed by atoms with E-state index in [4.69, 9.17) is 0 Å². The molecule has 1 aromatic heterocycles. The second-order valence-corrected chi connectivity index (χ2v) is 4.75. The van der Waals surface area contributed by atoms with Crippen LogP contribution in [0.4, 0.5) is 5.69 Å². The van der Waals surface area contributed by atoms with E-state index in [2.05, 4.69) is 29.4 Å². The second-order valence-electron chi connectivity index (χ2n) is 4.75. The van der Waals surface area contributed by atoms with Crippen molar-refractivity contribution >= 4 is 11.6 Å². The first-order valence-electron chi connectivity index (χ1n) is 6.57. The molecule has 100 valence electrons. The number of nitrogens with one attached hydrogen (secondary N) is 2. The van der Waals surface area contributed by atoms with Crippen LogP contribution >= 0.6 is 0 Å². The summed E-state index contributed by atoms with van der Waals surface area (Å²) < 4.78 is 0. The molecule has 2 rings (SSSR count). The molecule has 1 heterocycles. The van der Waals surface area contributed by atoms with E-state index < -0.39 is 0 Å². The molecule has 0 aliphatic rings. The lowest BCUT2D eigenvalue weighted by atomic mass is 9.85. The predicted molar refractivity (Wildman–Crippen MR) is 75.9 cm³/mol. The molecule has 2 aromatic rings. The largest absolute Gasteiger partial charge is 0.323 e. The molecule has 0 spiro atoms. The summed E-state index contributed by atoms with van der Waals surface area (Å²) in [4.78, 5) is 12.5. The lowest BCUT2D eigenvalue weighted by Crippen LogP contribution is -2.26. The van der Waals surface area contributed by atoms with Gasteiger partial charge in [-0.05, 0) is 11.5 Å². The molecule has 0 bridgehead atoms. The fourth-order valence-electron chi connectivity index (χ4n) is 2.17. The zero-order chi connectivity index (χ0) is 13.7. The highest BCUT2D eigenvalue weighted by Crippen LogP contribution is 2.28. The fourth-order valence-corrected chi connectivity index (χ4v) is 2.17. The predicted octanol–water partition coefficient (Wildman–Crippen LogP) is 3.18. The van der Waals surface area contributed by atoms with E-state index in [9.17, 15) is 4.79 Å². The molecule has 0 fully saturated rings. The van der Waals surface area contributed by atoms with Crippen molar-refractivity contribution in [3.63, 3.8) is 0 Å². The molecule has 0 aliphatic carbocycles. The first-order valence-corrected chi connectivity index (χ1v) is 6.57. The van der Waals surface area contributed by atoms with Crippen LogP contribution in [-0.4, -0.2) is 16.1 Å². The van der Waals surface area contributed by atoms with Gasteiger partial charge in [0.25, 0.3) is 0 Å². The summed E-state index contributed by atoms with van der Waals surface area (Å²) in [6, 6.07) is 9.91. The number of carbonyl (C=O) groups excluding carboxylic acids is 1. The van der Waals surface area contributed by atoms with E-state index in [0.717, 1.165) is 12.0 Å². The Kier molecular flexibility index (Phi) is 4.34. The van der Waals surface area contributed by atoms with Gasteiger partial charge in [-0.15, -0.1) is 0 Å².